The van der Waals surface area contributed by atoms with Gasteiger partial charge in [0, 0.05) is 17.2 Å². The average molecular weight is 331 g/mol. The van der Waals surface area contributed by atoms with E-state index in [0.29, 0.717) is 18.7 Å². The second-order valence-electron chi connectivity index (χ2n) is 4.50. The number of nitrogens with zero attached hydrogens (tertiary/aromatic N) is 1. The molecule has 0 aliphatic rings. The second kappa shape index (κ2) is 6.75. The molecule has 0 aliphatic carbocycles. The van der Waals surface area contributed by atoms with Crippen molar-refractivity contribution in [1.29, 1.82) is 0 Å². The normalized spacial score (nSPS) is 13.9. The molecule has 0 aromatic carbocycles. The van der Waals surface area contributed by atoms with Gasteiger partial charge in [-0.1, -0.05) is 20.3 Å². The fourth-order valence-electron chi connectivity index (χ4n) is 1.83. The average Bonchev–Trinajstić information content (AvgIpc) is 2.75. The van der Waals surface area contributed by atoms with Crippen LogP contribution in [0.5, 0.6) is 0 Å². The van der Waals surface area contributed by atoms with Gasteiger partial charge in [-0.15, -0.1) is 0 Å². The monoisotopic (exact) mass is 330 g/mol. The van der Waals surface area contributed by atoms with Crippen LogP contribution in [-0.4, -0.2) is 27.6 Å². The summed E-state index contributed by atoms with van der Waals surface area (Å²) in [5.41, 5.74) is 0.462. The molecular formula is C13H19BrN2O3. The molecule has 1 rings (SSSR count). The number of carbonyl (C=O) groups is 2. The summed E-state index contributed by atoms with van der Waals surface area (Å²) in [5.74, 6) is -1.48. The highest BCUT2D eigenvalue weighted by atomic mass is 79.9. The van der Waals surface area contributed by atoms with Crippen molar-refractivity contribution in [2.24, 2.45) is 5.92 Å². The van der Waals surface area contributed by atoms with Gasteiger partial charge in [0.2, 0.25) is 0 Å². The van der Waals surface area contributed by atoms with Gasteiger partial charge in [0.25, 0.3) is 5.91 Å². The number of hydrogen-bond donors (Lipinski definition) is 2. The quantitative estimate of drug-likeness (QED) is 0.841. The van der Waals surface area contributed by atoms with Gasteiger partial charge in [-0.25, -0.2) is 4.79 Å². The van der Waals surface area contributed by atoms with Gasteiger partial charge in [0.15, 0.2) is 0 Å². The van der Waals surface area contributed by atoms with Crippen molar-refractivity contribution in [3.8, 4) is 0 Å². The van der Waals surface area contributed by atoms with E-state index in [1.54, 1.807) is 16.8 Å². The Hall–Kier alpha value is -1.30. The highest BCUT2D eigenvalue weighted by Gasteiger charge is 2.26. The number of hydrogen-bond acceptors (Lipinski definition) is 2. The molecule has 0 spiro atoms. The fraction of sp³-hybridized carbons (Fsp3) is 0.538. The van der Waals surface area contributed by atoms with Crippen LogP contribution in [0.3, 0.4) is 0 Å². The molecule has 1 amide bonds. The molecule has 6 heteroatoms. The lowest BCUT2D eigenvalue weighted by atomic mass is 9.99. The molecule has 5 nitrogen and oxygen atoms in total. The van der Waals surface area contributed by atoms with E-state index in [4.69, 9.17) is 0 Å². The first-order chi connectivity index (χ1) is 8.90. The van der Waals surface area contributed by atoms with Gasteiger partial charge in [-0.3, -0.25) is 4.79 Å². The predicted octanol–water partition coefficient (Wildman–Crippen LogP) is 2.50. The Bertz CT molecular complexity index is 470. The minimum Gasteiger partial charge on any atom is -0.480 e. The van der Waals surface area contributed by atoms with E-state index in [1.807, 2.05) is 20.8 Å². The molecule has 1 aromatic heterocycles. The number of aryl methyl sites for hydroxylation is 1. The standard InChI is InChI=1S/C13H19BrN2O3/c1-4-8(3)11(13(18)19)15-12(17)10-6-9(14)7-16(10)5-2/h6-8,11H,4-5H2,1-3H3,(H,15,17)(H,18,19). The summed E-state index contributed by atoms with van der Waals surface area (Å²) in [6, 6.07) is 0.824. The van der Waals surface area contributed by atoms with Crippen LogP contribution >= 0.6 is 15.9 Å². The maximum Gasteiger partial charge on any atom is 0.326 e. The summed E-state index contributed by atoms with van der Waals surface area (Å²) in [5, 5.41) is 11.8. The van der Waals surface area contributed by atoms with Crippen LogP contribution in [0.2, 0.25) is 0 Å². The van der Waals surface area contributed by atoms with Crippen molar-refractivity contribution in [3.05, 3.63) is 22.4 Å². The second-order valence-corrected chi connectivity index (χ2v) is 5.42. The fourth-order valence-corrected chi connectivity index (χ4v) is 2.29. The van der Waals surface area contributed by atoms with Crippen LogP contribution in [0, 0.1) is 5.92 Å². The summed E-state index contributed by atoms with van der Waals surface area (Å²) >= 11 is 3.31. The van der Waals surface area contributed by atoms with Crippen molar-refractivity contribution in [3.63, 3.8) is 0 Å². The SMILES string of the molecule is CCC(C)C(NC(=O)c1cc(Br)cn1CC)C(=O)O. The summed E-state index contributed by atoms with van der Waals surface area (Å²) in [6.07, 6.45) is 2.49. The van der Waals surface area contributed by atoms with Crippen LogP contribution < -0.4 is 5.32 Å². The maximum atomic E-state index is 12.2. The third-order valence-electron chi connectivity index (χ3n) is 3.20. The zero-order valence-electron chi connectivity index (χ0n) is 11.3. The van der Waals surface area contributed by atoms with Crippen molar-refractivity contribution in [2.75, 3.05) is 0 Å². The van der Waals surface area contributed by atoms with Crippen LogP contribution in [-0.2, 0) is 11.3 Å². The molecule has 0 fully saturated rings. The van der Waals surface area contributed by atoms with Gasteiger partial charge < -0.3 is 15.0 Å². The molecule has 1 heterocycles. The van der Waals surface area contributed by atoms with Gasteiger partial charge in [-0.05, 0) is 34.8 Å². The van der Waals surface area contributed by atoms with Gasteiger partial charge in [0.1, 0.15) is 11.7 Å². The van der Waals surface area contributed by atoms with Crippen molar-refractivity contribution in [1.82, 2.24) is 9.88 Å². The molecule has 1 aromatic rings. The van der Waals surface area contributed by atoms with E-state index in [1.165, 1.54) is 0 Å². The summed E-state index contributed by atoms with van der Waals surface area (Å²) in [6.45, 7) is 6.29. The molecular weight excluding hydrogens is 312 g/mol. The number of carboxylic acid groups (broad SMARTS) is 1. The van der Waals surface area contributed by atoms with E-state index in [-0.39, 0.29) is 11.8 Å². The highest BCUT2D eigenvalue weighted by molar-refractivity contribution is 9.10. The molecule has 0 saturated carbocycles. The molecule has 0 aliphatic heterocycles. The van der Waals surface area contributed by atoms with Gasteiger partial charge in [0.05, 0.1) is 0 Å². The number of aromatic nitrogens is 1. The highest BCUT2D eigenvalue weighted by Crippen LogP contribution is 2.16. The van der Waals surface area contributed by atoms with Crippen molar-refractivity contribution >= 4 is 27.8 Å². The number of carbonyl (C=O) groups excluding carboxylic acids is 1. The number of carboxylic acids is 1. The minimum atomic E-state index is -1.00. The van der Waals surface area contributed by atoms with Crippen LogP contribution in [0.1, 0.15) is 37.7 Å². The number of nitrogens with one attached hydrogen (secondary N) is 1. The number of aliphatic carboxylic acids is 1. The van der Waals surface area contributed by atoms with E-state index < -0.39 is 12.0 Å². The zero-order valence-corrected chi connectivity index (χ0v) is 12.9. The number of rotatable bonds is 6. The minimum absolute atomic E-state index is 0.116. The topological polar surface area (TPSA) is 71.3 Å². The molecule has 0 bridgehead atoms. The maximum absolute atomic E-state index is 12.2. The third kappa shape index (κ3) is 3.83. The first-order valence-corrected chi connectivity index (χ1v) is 7.09. The Morgan fingerprint density at radius 1 is 1.47 bits per heavy atom. The lowest BCUT2D eigenvalue weighted by molar-refractivity contribution is -0.140. The molecule has 0 radical (unpaired) electrons. The molecule has 106 valence electrons. The third-order valence-corrected chi connectivity index (χ3v) is 3.64. The predicted molar refractivity (Wildman–Crippen MR) is 76.2 cm³/mol. The lowest BCUT2D eigenvalue weighted by Gasteiger charge is -2.20. The van der Waals surface area contributed by atoms with E-state index in [9.17, 15) is 14.7 Å². The lowest BCUT2D eigenvalue weighted by Crippen LogP contribution is -2.45. The first-order valence-electron chi connectivity index (χ1n) is 6.30. The van der Waals surface area contributed by atoms with Crippen LogP contribution in [0.25, 0.3) is 0 Å². The van der Waals surface area contributed by atoms with Crippen molar-refractivity contribution < 1.29 is 14.7 Å². The van der Waals surface area contributed by atoms with Gasteiger partial charge in [-0.2, -0.15) is 0 Å². The number of halogens is 1. The van der Waals surface area contributed by atoms with Crippen LogP contribution in [0.15, 0.2) is 16.7 Å². The Balaban J connectivity index is 2.90. The van der Waals surface area contributed by atoms with Crippen molar-refractivity contribution in [2.45, 2.75) is 39.8 Å². The molecule has 2 N–H and O–H groups in total. The summed E-state index contributed by atoms with van der Waals surface area (Å²) in [4.78, 5) is 23.4. The van der Waals surface area contributed by atoms with E-state index in [0.717, 1.165) is 4.47 Å². The molecule has 0 saturated heterocycles. The Morgan fingerprint density at radius 3 is 2.58 bits per heavy atom. The summed E-state index contributed by atoms with van der Waals surface area (Å²) in [7, 11) is 0. The van der Waals surface area contributed by atoms with E-state index >= 15 is 0 Å². The molecule has 19 heavy (non-hydrogen) atoms. The Labute approximate surface area is 121 Å². The Morgan fingerprint density at radius 2 is 2.11 bits per heavy atom. The Kier molecular flexibility index (Phi) is 5.60. The zero-order chi connectivity index (χ0) is 14.6. The van der Waals surface area contributed by atoms with Crippen LogP contribution in [0.4, 0.5) is 0 Å². The first kappa shape index (κ1) is 15.8. The smallest absolute Gasteiger partial charge is 0.326 e. The largest absolute Gasteiger partial charge is 0.480 e. The van der Waals surface area contributed by atoms with Gasteiger partial charge >= 0.3 is 5.97 Å². The number of amides is 1. The summed E-state index contributed by atoms with van der Waals surface area (Å²) < 4.78 is 2.57. The van der Waals surface area contributed by atoms with E-state index in [2.05, 4.69) is 21.2 Å². The molecule has 2 atom stereocenters. The molecule has 2 unspecified atom stereocenters.